The van der Waals surface area contributed by atoms with Crippen LogP contribution in [0.4, 0.5) is 11.9 Å². The molecule has 30 heavy (non-hydrogen) atoms. The minimum atomic E-state index is 0.296. The van der Waals surface area contributed by atoms with Gasteiger partial charge in [-0.05, 0) is 35.4 Å². The minimum absolute atomic E-state index is 0.296. The summed E-state index contributed by atoms with van der Waals surface area (Å²) < 4.78 is 0. The minimum Gasteiger partial charge on any atom is -0.368 e. The fourth-order valence-corrected chi connectivity index (χ4v) is 2.45. The number of nitrogen functional groups attached to an aromatic ring is 2. The highest BCUT2D eigenvalue weighted by molar-refractivity contribution is 5.68. The fraction of sp³-hybridized carbons (Fsp3) is 0. The summed E-state index contributed by atoms with van der Waals surface area (Å²) in [5, 5.41) is 0. The molecule has 2 aromatic carbocycles. The SMILES string of the molecule is Nc1nccc(/C=C/c2ccccc2)n1.Nc1nccc(/C=C/c2ccccc2)n1. The molecule has 0 fully saturated rings. The number of nitrogens with zero attached hydrogens (tertiary/aromatic N) is 4. The summed E-state index contributed by atoms with van der Waals surface area (Å²) in [6, 6.07) is 23.7. The smallest absolute Gasteiger partial charge is 0.220 e. The molecule has 0 bridgehead atoms. The van der Waals surface area contributed by atoms with Crippen molar-refractivity contribution in [2.75, 3.05) is 11.5 Å². The standard InChI is InChI=1S/2C12H11N3/c2*13-12-14-9-8-11(15-12)7-6-10-4-2-1-3-5-10/h2*1-9H,(H2,13,14,15)/b2*7-6+. The number of hydrogen-bond acceptors (Lipinski definition) is 6. The van der Waals surface area contributed by atoms with Gasteiger partial charge in [-0.2, -0.15) is 0 Å². The third-order valence-corrected chi connectivity index (χ3v) is 3.88. The molecule has 0 atom stereocenters. The lowest BCUT2D eigenvalue weighted by molar-refractivity contribution is 1.17. The van der Waals surface area contributed by atoms with Gasteiger partial charge in [0.1, 0.15) is 0 Å². The van der Waals surface area contributed by atoms with Gasteiger partial charge in [-0.1, -0.05) is 72.8 Å². The Labute approximate surface area is 175 Å². The molecule has 0 aliphatic heterocycles. The van der Waals surface area contributed by atoms with Crippen molar-refractivity contribution in [3.8, 4) is 0 Å². The summed E-state index contributed by atoms with van der Waals surface area (Å²) in [5.74, 6) is 0.593. The summed E-state index contributed by atoms with van der Waals surface area (Å²) in [6.07, 6.45) is 11.1. The Kier molecular flexibility index (Phi) is 7.40. The van der Waals surface area contributed by atoms with E-state index in [-0.39, 0.29) is 0 Å². The van der Waals surface area contributed by atoms with Gasteiger partial charge in [0.25, 0.3) is 0 Å². The molecule has 148 valence electrons. The van der Waals surface area contributed by atoms with Crippen LogP contribution in [0, 0.1) is 0 Å². The number of nitrogens with two attached hydrogens (primary N) is 2. The first-order chi connectivity index (χ1) is 14.7. The summed E-state index contributed by atoms with van der Waals surface area (Å²) in [4.78, 5) is 15.8. The van der Waals surface area contributed by atoms with Crippen molar-refractivity contribution < 1.29 is 0 Å². The molecule has 0 aliphatic carbocycles. The number of anilines is 2. The van der Waals surface area contributed by atoms with Crippen LogP contribution in [0.5, 0.6) is 0 Å². The highest BCUT2D eigenvalue weighted by atomic mass is 15.0. The molecule has 0 aliphatic rings. The Morgan fingerprint density at radius 2 is 0.900 bits per heavy atom. The van der Waals surface area contributed by atoms with E-state index < -0.39 is 0 Å². The fourth-order valence-electron chi connectivity index (χ4n) is 2.45. The van der Waals surface area contributed by atoms with E-state index in [1.54, 1.807) is 12.4 Å². The lowest BCUT2D eigenvalue weighted by Crippen LogP contribution is -1.94. The maximum Gasteiger partial charge on any atom is 0.220 e. The van der Waals surface area contributed by atoms with Crippen LogP contribution >= 0.6 is 0 Å². The zero-order valence-corrected chi connectivity index (χ0v) is 16.3. The van der Waals surface area contributed by atoms with E-state index in [2.05, 4.69) is 19.9 Å². The highest BCUT2D eigenvalue weighted by Crippen LogP contribution is 2.07. The third kappa shape index (κ3) is 7.01. The van der Waals surface area contributed by atoms with E-state index in [0.717, 1.165) is 22.5 Å². The molecule has 4 aromatic rings. The van der Waals surface area contributed by atoms with Gasteiger partial charge in [0, 0.05) is 12.4 Å². The van der Waals surface area contributed by atoms with E-state index in [4.69, 9.17) is 11.5 Å². The van der Waals surface area contributed by atoms with Crippen molar-refractivity contribution >= 4 is 36.2 Å². The molecular weight excluding hydrogens is 372 g/mol. The highest BCUT2D eigenvalue weighted by Gasteiger charge is 1.91. The Hall–Kier alpha value is -4.32. The third-order valence-electron chi connectivity index (χ3n) is 3.88. The van der Waals surface area contributed by atoms with Crippen molar-refractivity contribution in [1.29, 1.82) is 0 Å². The van der Waals surface area contributed by atoms with E-state index in [1.807, 2.05) is 97.1 Å². The first kappa shape index (κ1) is 20.4. The Morgan fingerprint density at radius 1 is 0.500 bits per heavy atom. The molecular formula is C24H22N6. The quantitative estimate of drug-likeness (QED) is 0.530. The topological polar surface area (TPSA) is 104 Å². The van der Waals surface area contributed by atoms with E-state index in [1.165, 1.54) is 0 Å². The van der Waals surface area contributed by atoms with Gasteiger partial charge in [0.2, 0.25) is 11.9 Å². The summed E-state index contributed by atoms with van der Waals surface area (Å²) in [5.41, 5.74) is 14.8. The van der Waals surface area contributed by atoms with Gasteiger partial charge >= 0.3 is 0 Å². The van der Waals surface area contributed by atoms with E-state index in [0.29, 0.717) is 11.9 Å². The van der Waals surface area contributed by atoms with Crippen molar-refractivity contribution in [2.45, 2.75) is 0 Å². The molecule has 2 heterocycles. The summed E-state index contributed by atoms with van der Waals surface area (Å²) in [7, 11) is 0. The molecule has 0 amide bonds. The molecule has 4 rings (SSSR count). The number of benzene rings is 2. The largest absolute Gasteiger partial charge is 0.368 e. The van der Waals surface area contributed by atoms with Gasteiger partial charge in [-0.25, -0.2) is 19.9 Å². The second-order valence-electron chi connectivity index (χ2n) is 6.17. The van der Waals surface area contributed by atoms with Crippen LogP contribution in [0.1, 0.15) is 22.5 Å². The van der Waals surface area contributed by atoms with E-state index in [9.17, 15) is 0 Å². The van der Waals surface area contributed by atoms with Crippen LogP contribution in [0.3, 0.4) is 0 Å². The van der Waals surface area contributed by atoms with Crippen molar-refractivity contribution in [3.05, 3.63) is 108 Å². The second kappa shape index (κ2) is 10.9. The van der Waals surface area contributed by atoms with Gasteiger partial charge in [0.05, 0.1) is 11.4 Å². The molecule has 2 aromatic heterocycles. The van der Waals surface area contributed by atoms with Crippen LogP contribution < -0.4 is 11.5 Å². The van der Waals surface area contributed by atoms with Crippen LogP contribution in [0.25, 0.3) is 24.3 Å². The van der Waals surface area contributed by atoms with Crippen LogP contribution in [0.15, 0.2) is 85.2 Å². The maximum atomic E-state index is 5.47. The van der Waals surface area contributed by atoms with Gasteiger partial charge in [0.15, 0.2) is 0 Å². The van der Waals surface area contributed by atoms with Crippen molar-refractivity contribution in [3.63, 3.8) is 0 Å². The number of rotatable bonds is 4. The maximum absolute atomic E-state index is 5.47. The van der Waals surface area contributed by atoms with E-state index >= 15 is 0 Å². The molecule has 0 saturated heterocycles. The van der Waals surface area contributed by atoms with Gasteiger partial charge in [-0.3, -0.25) is 0 Å². The Bertz CT molecular complexity index is 1020. The lowest BCUT2D eigenvalue weighted by Gasteiger charge is -1.94. The first-order valence-electron chi connectivity index (χ1n) is 9.32. The molecule has 0 radical (unpaired) electrons. The lowest BCUT2D eigenvalue weighted by atomic mass is 10.2. The van der Waals surface area contributed by atoms with Crippen LogP contribution in [-0.2, 0) is 0 Å². The number of aromatic nitrogens is 4. The predicted octanol–water partition coefficient (Wildman–Crippen LogP) is 4.46. The molecule has 0 unspecified atom stereocenters. The average molecular weight is 394 g/mol. The van der Waals surface area contributed by atoms with Crippen LogP contribution in [-0.4, -0.2) is 19.9 Å². The van der Waals surface area contributed by atoms with Crippen molar-refractivity contribution in [1.82, 2.24) is 19.9 Å². The summed E-state index contributed by atoms with van der Waals surface area (Å²) in [6.45, 7) is 0. The monoisotopic (exact) mass is 394 g/mol. The van der Waals surface area contributed by atoms with Crippen LogP contribution in [0.2, 0.25) is 0 Å². The zero-order valence-electron chi connectivity index (χ0n) is 16.3. The summed E-state index contributed by atoms with van der Waals surface area (Å²) >= 11 is 0. The second-order valence-corrected chi connectivity index (χ2v) is 6.17. The average Bonchev–Trinajstić information content (AvgIpc) is 2.78. The molecule has 6 nitrogen and oxygen atoms in total. The first-order valence-corrected chi connectivity index (χ1v) is 9.32. The van der Waals surface area contributed by atoms with Crippen molar-refractivity contribution in [2.24, 2.45) is 0 Å². The molecule has 0 saturated carbocycles. The Balaban J connectivity index is 0.000000171. The normalized spacial score (nSPS) is 10.7. The predicted molar refractivity (Wildman–Crippen MR) is 124 cm³/mol. The molecule has 4 N–H and O–H groups in total. The van der Waals surface area contributed by atoms with Gasteiger partial charge < -0.3 is 11.5 Å². The Morgan fingerprint density at radius 3 is 1.27 bits per heavy atom. The van der Waals surface area contributed by atoms with Gasteiger partial charge in [-0.15, -0.1) is 0 Å². The number of hydrogen-bond donors (Lipinski definition) is 2. The zero-order chi connectivity index (χ0) is 21.0. The molecule has 6 heteroatoms. The molecule has 0 spiro atoms.